The van der Waals surface area contributed by atoms with Crippen LogP contribution in [0.2, 0.25) is 0 Å². The van der Waals surface area contributed by atoms with E-state index in [0.29, 0.717) is 35.5 Å². The Labute approximate surface area is 151 Å². The molecule has 2 N–H and O–H groups in total. The summed E-state index contributed by atoms with van der Waals surface area (Å²) in [5, 5.41) is 8.97. The number of rotatable bonds is 4. The monoisotopic (exact) mass is 349 g/mol. The van der Waals surface area contributed by atoms with Crippen molar-refractivity contribution in [3.8, 4) is 11.8 Å². The van der Waals surface area contributed by atoms with Crippen LogP contribution in [0.3, 0.4) is 0 Å². The SMILES string of the molecule is CC(Oc1cccc(C#N)c1)C(=O)N1CCCc2c(C(N)=O)cccc21. The summed E-state index contributed by atoms with van der Waals surface area (Å²) in [4.78, 5) is 26.2. The van der Waals surface area contributed by atoms with E-state index >= 15 is 0 Å². The Kier molecular flexibility index (Phi) is 4.90. The van der Waals surface area contributed by atoms with E-state index in [1.807, 2.05) is 12.1 Å². The lowest BCUT2D eigenvalue weighted by Crippen LogP contribution is -2.43. The fourth-order valence-corrected chi connectivity index (χ4v) is 3.20. The van der Waals surface area contributed by atoms with Gasteiger partial charge in [0.2, 0.25) is 5.91 Å². The van der Waals surface area contributed by atoms with Crippen molar-refractivity contribution in [2.45, 2.75) is 25.9 Å². The van der Waals surface area contributed by atoms with Crippen molar-refractivity contribution in [3.05, 3.63) is 59.2 Å². The lowest BCUT2D eigenvalue weighted by atomic mass is 9.95. The van der Waals surface area contributed by atoms with Crippen LogP contribution in [-0.2, 0) is 11.2 Å². The van der Waals surface area contributed by atoms with Crippen molar-refractivity contribution in [2.24, 2.45) is 5.73 Å². The van der Waals surface area contributed by atoms with E-state index in [4.69, 9.17) is 15.7 Å². The third-order valence-corrected chi connectivity index (χ3v) is 4.41. The molecule has 132 valence electrons. The third-order valence-electron chi connectivity index (χ3n) is 4.41. The van der Waals surface area contributed by atoms with Gasteiger partial charge in [-0.05, 0) is 55.7 Å². The summed E-state index contributed by atoms with van der Waals surface area (Å²) in [6.45, 7) is 2.23. The number of nitriles is 1. The standard InChI is InChI=1S/C20H19N3O3/c1-13(26-15-6-2-5-14(11-15)12-21)20(25)23-10-4-8-16-17(19(22)24)7-3-9-18(16)23/h2-3,5-7,9,11,13H,4,8,10H2,1H3,(H2,22,24). The minimum Gasteiger partial charge on any atom is -0.481 e. The van der Waals surface area contributed by atoms with Gasteiger partial charge in [0.15, 0.2) is 6.10 Å². The number of fused-ring (bicyclic) bond motifs is 1. The molecule has 0 saturated carbocycles. The van der Waals surface area contributed by atoms with Gasteiger partial charge < -0.3 is 15.4 Å². The van der Waals surface area contributed by atoms with Gasteiger partial charge in [0.1, 0.15) is 5.75 Å². The molecule has 0 saturated heterocycles. The van der Waals surface area contributed by atoms with Crippen molar-refractivity contribution in [1.29, 1.82) is 5.26 Å². The molecule has 0 spiro atoms. The molecule has 26 heavy (non-hydrogen) atoms. The van der Waals surface area contributed by atoms with E-state index in [1.165, 1.54) is 0 Å². The third kappa shape index (κ3) is 3.38. The maximum absolute atomic E-state index is 12.9. The van der Waals surface area contributed by atoms with Crippen LogP contribution in [0.4, 0.5) is 5.69 Å². The fraction of sp³-hybridized carbons (Fsp3) is 0.250. The Bertz CT molecular complexity index is 901. The molecule has 0 bridgehead atoms. The highest BCUT2D eigenvalue weighted by Crippen LogP contribution is 2.30. The van der Waals surface area contributed by atoms with Gasteiger partial charge in [-0.3, -0.25) is 9.59 Å². The number of nitrogens with zero attached hydrogens (tertiary/aromatic N) is 2. The topological polar surface area (TPSA) is 96.4 Å². The molecule has 6 nitrogen and oxygen atoms in total. The van der Waals surface area contributed by atoms with E-state index in [-0.39, 0.29) is 5.91 Å². The Morgan fingerprint density at radius 1 is 1.27 bits per heavy atom. The lowest BCUT2D eigenvalue weighted by Gasteiger charge is -2.32. The summed E-state index contributed by atoms with van der Waals surface area (Å²) >= 11 is 0. The summed E-state index contributed by atoms with van der Waals surface area (Å²) in [7, 11) is 0. The Morgan fingerprint density at radius 3 is 2.77 bits per heavy atom. The molecule has 6 heteroatoms. The first kappa shape index (κ1) is 17.5. The molecular weight excluding hydrogens is 330 g/mol. The second kappa shape index (κ2) is 7.28. The van der Waals surface area contributed by atoms with Gasteiger partial charge >= 0.3 is 0 Å². The minimum absolute atomic E-state index is 0.199. The van der Waals surface area contributed by atoms with Gasteiger partial charge in [-0.2, -0.15) is 5.26 Å². The molecule has 2 aromatic rings. The number of amides is 2. The first-order valence-corrected chi connectivity index (χ1v) is 8.41. The maximum Gasteiger partial charge on any atom is 0.267 e. The summed E-state index contributed by atoms with van der Waals surface area (Å²) in [6.07, 6.45) is 0.726. The van der Waals surface area contributed by atoms with Gasteiger partial charge in [0.05, 0.1) is 11.6 Å². The molecule has 3 rings (SSSR count). The molecule has 0 aromatic heterocycles. The summed E-state index contributed by atoms with van der Waals surface area (Å²) in [5.74, 6) is -0.225. The van der Waals surface area contributed by atoms with Crippen LogP contribution >= 0.6 is 0 Å². The van der Waals surface area contributed by atoms with Crippen molar-refractivity contribution >= 4 is 17.5 Å². The van der Waals surface area contributed by atoms with Crippen molar-refractivity contribution in [1.82, 2.24) is 0 Å². The lowest BCUT2D eigenvalue weighted by molar-refractivity contribution is -0.124. The molecule has 0 radical (unpaired) electrons. The Balaban J connectivity index is 1.84. The van der Waals surface area contributed by atoms with Crippen LogP contribution in [0, 0.1) is 11.3 Å². The smallest absolute Gasteiger partial charge is 0.267 e. The zero-order valence-electron chi connectivity index (χ0n) is 14.4. The minimum atomic E-state index is -0.730. The van der Waals surface area contributed by atoms with Gasteiger partial charge in [-0.25, -0.2) is 0 Å². The highest BCUT2D eigenvalue weighted by molar-refractivity contribution is 6.01. The molecule has 2 amide bonds. The molecule has 1 heterocycles. The molecule has 1 atom stereocenters. The maximum atomic E-state index is 12.9. The zero-order chi connectivity index (χ0) is 18.7. The van der Waals surface area contributed by atoms with Crippen LogP contribution < -0.4 is 15.4 Å². The van der Waals surface area contributed by atoms with Crippen molar-refractivity contribution in [3.63, 3.8) is 0 Å². The van der Waals surface area contributed by atoms with Crippen LogP contribution in [0.5, 0.6) is 5.75 Å². The second-order valence-corrected chi connectivity index (χ2v) is 6.16. The number of carbonyl (C=O) groups is 2. The molecule has 0 fully saturated rings. The van der Waals surface area contributed by atoms with E-state index in [9.17, 15) is 9.59 Å². The van der Waals surface area contributed by atoms with Crippen LogP contribution in [0.15, 0.2) is 42.5 Å². The Hall–Kier alpha value is -3.33. The van der Waals surface area contributed by atoms with Crippen LogP contribution in [-0.4, -0.2) is 24.5 Å². The highest BCUT2D eigenvalue weighted by Gasteiger charge is 2.29. The largest absolute Gasteiger partial charge is 0.481 e. The van der Waals surface area contributed by atoms with Crippen LogP contribution in [0.25, 0.3) is 0 Å². The number of hydrogen-bond acceptors (Lipinski definition) is 4. The first-order valence-electron chi connectivity index (χ1n) is 8.41. The van der Waals surface area contributed by atoms with E-state index in [0.717, 1.165) is 12.0 Å². The summed E-state index contributed by atoms with van der Waals surface area (Å²) < 4.78 is 5.73. The number of anilines is 1. The zero-order valence-corrected chi connectivity index (χ0v) is 14.4. The number of benzene rings is 2. The van der Waals surface area contributed by atoms with Crippen molar-refractivity contribution < 1.29 is 14.3 Å². The van der Waals surface area contributed by atoms with Gasteiger partial charge in [0.25, 0.3) is 5.91 Å². The average molecular weight is 349 g/mol. The number of nitrogens with two attached hydrogens (primary N) is 1. The molecule has 0 aliphatic carbocycles. The van der Waals surface area contributed by atoms with Crippen LogP contribution in [0.1, 0.15) is 34.8 Å². The second-order valence-electron chi connectivity index (χ2n) is 6.16. The predicted molar refractivity (Wildman–Crippen MR) is 96.9 cm³/mol. The fourth-order valence-electron chi connectivity index (χ4n) is 3.20. The Morgan fingerprint density at radius 2 is 2.04 bits per heavy atom. The molecular formula is C20H19N3O3. The quantitative estimate of drug-likeness (QED) is 0.916. The molecule has 2 aromatic carbocycles. The van der Waals surface area contributed by atoms with E-state index < -0.39 is 12.0 Å². The van der Waals surface area contributed by atoms with E-state index in [2.05, 4.69) is 0 Å². The van der Waals surface area contributed by atoms with Gasteiger partial charge in [0, 0.05) is 17.8 Å². The summed E-state index contributed by atoms with van der Waals surface area (Å²) in [6, 6.07) is 14.0. The predicted octanol–water partition coefficient (Wildman–Crippen LogP) is 2.40. The molecule has 1 aliphatic rings. The number of hydrogen-bond donors (Lipinski definition) is 1. The molecule has 1 aliphatic heterocycles. The first-order chi connectivity index (χ1) is 12.5. The average Bonchev–Trinajstić information content (AvgIpc) is 2.66. The summed E-state index contributed by atoms with van der Waals surface area (Å²) in [5.41, 5.74) is 7.89. The van der Waals surface area contributed by atoms with E-state index in [1.54, 1.807) is 48.2 Å². The highest BCUT2D eigenvalue weighted by atomic mass is 16.5. The van der Waals surface area contributed by atoms with Gasteiger partial charge in [-0.1, -0.05) is 12.1 Å². The number of primary amides is 1. The number of ether oxygens (including phenoxy) is 1. The number of carbonyl (C=O) groups excluding carboxylic acids is 2. The van der Waals surface area contributed by atoms with Gasteiger partial charge in [-0.15, -0.1) is 0 Å². The molecule has 1 unspecified atom stereocenters. The normalized spacial score (nSPS) is 14.1. The van der Waals surface area contributed by atoms with Crippen molar-refractivity contribution in [2.75, 3.05) is 11.4 Å².